The molecule has 1 aliphatic carbocycles. The number of nitrogens with one attached hydrogen (secondary N) is 1. The van der Waals surface area contributed by atoms with Gasteiger partial charge in [-0.25, -0.2) is 0 Å². The van der Waals surface area contributed by atoms with Crippen molar-refractivity contribution in [3.8, 4) is 0 Å². The SMILES string of the molecule is CCC1CN(CCC2CCCC2)C(c2ccccc2)CN1. The molecule has 0 amide bonds. The summed E-state index contributed by atoms with van der Waals surface area (Å²) in [7, 11) is 0. The van der Waals surface area contributed by atoms with E-state index in [1.807, 2.05) is 0 Å². The van der Waals surface area contributed by atoms with E-state index in [0.29, 0.717) is 12.1 Å². The topological polar surface area (TPSA) is 15.3 Å². The van der Waals surface area contributed by atoms with Gasteiger partial charge in [0.25, 0.3) is 0 Å². The van der Waals surface area contributed by atoms with E-state index in [2.05, 4.69) is 47.5 Å². The minimum Gasteiger partial charge on any atom is -0.311 e. The van der Waals surface area contributed by atoms with Crippen LogP contribution in [0.3, 0.4) is 0 Å². The van der Waals surface area contributed by atoms with Crippen LogP contribution < -0.4 is 5.32 Å². The smallest absolute Gasteiger partial charge is 0.0473 e. The summed E-state index contributed by atoms with van der Waals surface area (Å²) in [5, 5.41) is 3.73. The maximum atomic E-state index is 3.73. The molecule has 2 fully saturated rings. The standard InChI is InChI=1S/C19H30N2/c1-2-18-15-21(13-12-16-8-6-7-9-16)19(14-20-18)17-10-4-3-5-11-17/h3-5,10-11,16,18-20H,2,6-9,12-15H2,1H3. The first-order chi connectivity index (χ1) is 10.4. The molecule has 2 heteroatoms. The fourth-order valence-corrected chi connectivity index (χ4v) is 4.05. The fraction of sp³-hybridized carbons (Fsp3) is 0.684. The Morgan fingerprint density at radius 2 is 1.90 bits per heavy atom. The van der Waals surface area contributed by atoms with E-state index in [-0.39, 0.29) is 0 Å². The molecule has 0 aromatic heterocycles. The molecule has 1 aliphatic heterocycles. The lowest BCUT2D eigenvalue weighted by atomic mass is 9.97. The van der Waals surface area contributed by atoms with Crippen molar-refractivity contribution < 1.29 is 0 Å². The fourth-order valence-electron chi connectivity index (χ4n) is 4.05. The quantitative estimate of drug-likeness (QED) is 0.880. The Morgan fingerprint density at radius 1 is 1.14 bits per heavy atom. The maximum Gasteiger partial charge on any atom is 0.0473 e. The van der Waals surface area contributed by atoms with Crippen molar-refractivity contribution in [3.63, 3.8) is 0 Å². The lowest BCUT2D eigenvalue weighted by molar-refractivity contribution is 0.120. The number of piperazine rings is 1. The molecule has 1 saturated heterocycles. The Balaban J connectivity index is 1.64. The zero-order chi connectivity index (χ0) is 14.5. The molecule has 3 rings (SSSR count). The van der Waals surface area contributed by atoms with Crippen LogP contribution in [0.4, 0.5) is 0 Å². The van der Waals surface area contributed by atoms with E-state index >= 15 is 0 Å². The van der Waals surface area contributed by atoms with Crippen LogP contribution in [-0.2, 0) is 0 Å². The molecule has 2 unspecified atom stereocenters. The van der Waals surface area contributed by atoms with Gasteiger partial charge in [-0.2, -0.15) is 0 Å². The summed E-state index contributed by atoms with van der Waals surface area (Å²) in [5.41, 5.74) is 1.48. The van der Waals surface area contributed by atoms with Gasteiger partial charge in [-0.05, 0) is 30.9 Å². The molecule has 1 saturated carbocycles. The molecule has 1 heterocycles. The van der Waals surface area contributed by atoms with Gasteiger partial charge in [0.15, 0.2) is 0 Å². The average molecular weight is 286 g/mol. The Labute approximate surface area is 129 Å². The Hall–Kier alpha value is -0.860. The molecule has 0 radical (unpaired) electrons. The molecule has 1 aromatic carbocycles. The summed E-state index contributed by atoms with van der Waals surface area (Å²) < 4.78 is 0. The summed E-state index contributed by atoms with van der Waals surface area (Å²) in [4.78, 5) is 2.75. The second-order valence-electron chi connectivity index (χ2n) is 6.87. The monoisotopic (exact) mass is 286 g/mol. The van der Waals surface area contributed by atoms with Gasteiger partial charge >= 0.3 is 0 Å². The van der Waals surface area contributed by atoms with Crippen molar-refractivity contribution in [3.05, 3.63) is 35.9 Å². The highest BCUT2D eigenvalue weighted by molar-refractivity contribution is 5.20. The summed E-state index contributed by atoms with van der Waals surface area (Å²) in [6.45, 7) is 5.90. The number of hydrogen-bond donors (Lipinski definition) is 1. The molecule has 0 spiro atoms. The molecule has 2 atom stereocenters. The van der Waals surface area contributed by atoms with Crippen molar-refractivity contribution in [2.24, 2.45) is 5.92 Å². The zero-order valence-corrected chi connectivity index (χ0v) is 13.4. The molecule has 0 bridgehead atoms. The Bertz CT molecular complexity index is 411. The number of benzene rings is 1. The lowest BCUT2D eigenvalue weighted by Gasteiger charge is -2.41. The van der Waals surface area contributed by atoms with Crippen LogP contribution in [0.25, 0.3) is 0 Å². The Kier molecular flexibility index (Phi) is 5.32. The van der Waals surface area contributed by atoms with E-state index in [0.717, 1.165) is 12.5 Å². The van der Waals surface area contributed by atoms with Gasteiger partial charge in [-0.3, -0.25) is 4.90 Å². The van der Waals surface area contributed by atoms with Gasteiger partial charge in [0.05, 0.1) is 0 Å². The van der Waals surface area contributed by atoms with E-state index < -0.39 is 0 Å². The molecular formula is C19H30N2. The van der Waals surface area contributed by atoms with Crippen LogP contribution >= 0.6 is 0 Å². The highest BCUT2D eigenvalue weighted by atomic mass is 15.2. The van der Waals surface area contributed by atoms with Crippen molar-refractivity contribution in [1.29, 1.82) is 0 Å². The van der Waals surface area contributed by atoms with Crippen molar-refractivity contribution in [2.45, 2.75) is 57.5 Å². The van der Waals surface area contributed by atoms with Crippen LogP contribution in [0.5, 0.6) is 0 Å². The Morgan fingerprint density at radius 3 is 2.62 bits per heavy atom. The van der Waals surface area contributed by atoms with E-state index in [4.69, 9.17) is 0 Å². The lowest BCUT2D eigenvalue weighted by Crippen LogP contribution is -2.52. The second-order valence-corrected chi connectivity index (χ2v) is 6.87. The van der Waals surface area contributed by atoms with Gasteiger partial charge in [0.2, 0.25) is 0 Å². The third-order valence-corrected chi connectivity index (χ3v) is 5.47. The minimum absolute atomic E-state index is 0.565. The van der Waals surface area contributed by atoms with Crippen LogP contribution in [0.1, 0.15) is 57.1 Å². The van der Waals surface area contributed by atoms with Crippen LogP contribution in [-0.4, -0.2) is 30.6 Å². The van der Waals surface area contributed by atoms with Crippen LogP contribution in [0, 0.1) is 5.92 Å². The first-order valence-corrected chi connectivity index (χ1v) is 8.89. The highest BCUT2D eigenvalue weighted by Gasteiger charge is 2.28. The molecule has 2 aliphatic rings. The van der Waals surface area contributed by atoms with E-state index in [9.17, 15) is 0 Å². The number of nitrogens with zero attached hydrogens (tertiary/aromatic N) is 1. The van der Waals surface area contributed by atoms with Gasteiger partial charge in [-0.1, -0.05) is 62.9 Å². The first-order valence-electron chi connectivity index (χ1n) is 8.89. The summed E-state index contributed by atoms with van der Waals surface area (Å²) in [6, 6.07) is 12.3. The largest absolute Gasteiger partial charge is 0.311 e. The van der Waals surface area contributed by atoms with Crippen molar-refractivity contribution in [2.75, 3.05) is 19.6 Å². The van der Waals surface area contributed by atoms with E-state index in [1.165, 1.54) is 57.2 Å². The predicted molar refractivity (Wildman–Crippen MR) is 89.4 cm³/mol. The summed E-state index contributed by atoms with van der Waals surface area (Å²) in [6.07, 6.45) is 8.51. The maximum absolute atomic E-state index is 3.73. The highest BCUT2D eigenvalue weighted by Crippen LogP contribution is 2.30. The normalized spacial score (nSPS) is 28.0. The zero-order valence-electron chi connectivity index (χ0n) is 13.4. The van der Waals surface area contributed by atoms with Gasteiger partial charge < -0.3 is 5.32 Å². The van der Waals surface area contributed by atoms with Crippen LogP contribution in [0.15, 0.2) is 30.3 Å². The van der Waals surface area contributed by atoms with Crippen molar-refractivity contribution in [1.82, 2.24) is 10.2 Å². The average Bonchev–Trinajstić information content (AvgIpc) is 3.07. The van der Waals surface area contributed by atoms with E-state index in [1.54, 1.807) is 0 Å². The molecular weight excluding hydrogens is 256 g/mol. The molecule has 1 N–H and O–H groups in total. The van der Waals surface area contributed by atoms with Gasteiger partial charge in [-0.15, -0.1) is 0 Å². The van der Waals surface area contributed by atoms with Gasteiger partial charge in [0.1, 0.15) is 0 Å². The summed E-state index contributed by atoms with van der Waals surface area (Å²) in [5.74, 6) is 0.997. The second kappa shape index (κ2) is 7.42. The van der Waals surface area contributed by atoms with Gasteiger partial charge in [0, 0.05) is 25.2 Å². The minimum atomic E-state index is 0.565. The molecule has 116 valence electrons. The molecule has 1 aromatic rings. The summed E-state index contributed by atoms with van der Waals surface area (Å²) >= 11 is 0. The third kappa shape index (κ3) is 3.87. The number of hydrogen-bond acceptors (Lipinski definition) is 2. The van der Waals surface area contributed by atoms with Crippen LogP contribution in [0.2, 0.25) is 0 Å². The molecule has 21 heavy (non-hydrogen) atoms. The van der Waals surface area contributed by atoms with Crippen molar-refractivity contribution >= 4 is 0 Å². The predicted octanol–water partition coefficient (Wildman–Crippen LogP) is 3.99. The molecule has 2 nitrogen and oxygen atoms in total. The third-order valence-electron chi connectivity index (χ3n) is 5.47. The first kappa shape index (κ1) is 15.1. The number of rotatable bonds is 5.